The van der Waals surface area contributed by atoms with Crippen LogP contribution in [-0.4, -0.2) is 28.1 Å². The molecule has 2 aromatic carbocycles. The molecule has 162 valence electrons. The maximum Gasteiger partial charge on any atom is 0.273 e. The van der Waals surface area contributed by atoms with E-state index in [0.717, 1.165) is 50.2 Å². The summed E-state index contributed by atoms with van der Waals surface area (Å²) in [5.74, 6) is 0.292. The zero-order valence-electron chi connectivity index (χ0n) is 16.7. The number of nitro groups is 1. The predicted molar refractivity (Wildman–Crippen MR) is 112 cm³/mol. The van der Waals surface area contributed by atoms with Gasteiger partial charge in [0.05, 0.1) is 10.6 Å². The minimum absolute atomic E-state index is 0.0352. The predicted octanol–water partition coefficient (Wildman–Crippen LogP) is 3.83. The van der Waals surface area contributed by atoms with Crippen LogP contribution in [0.5, 0.6) is 0 Å². The van der Waals surface area contributed by atoms with E-state index in [1.54, 1.807) is 18.2 Å². The Kier molecular flexibility index (Phi) is 5.44. The van der Waals surface area contributed by atoms with Gasteiger partial charge < -0.3 is 4.57 Å². The minimum atomic E-state index is -4.45. The molecule has 2 heterocycles. The fourth-order valence-electron chi connectivity index (χ4n) is 3.70. The van der Waals surface area contributed by atoms with Crippen LogP contribution in [0.15, 0.2) is 41.3 Å². The van der Waals surface area contributed by atoms with E-state index in [0.29, 0.717) is 11.4 Å². The van der Waals surface area contributed by atoms with Crippen LogP contribution in [0.2, 0.25) is 0 Å². The number of fused-ring (bicyclic) bond motifs is 1. The molecule has 0 bridgehead atoms. The highest BCUT2D eigenvalue weighted by Crippen LogP contribution is 2.32. The van der Waals surface area contributed by atoms with Crippen molar-refractivity contribution in [3.05, 3.63) is 63.7 Å². The molecule has 31 heavy (non-hydrogen) atoms. The summed E-state index contributed by atoms with van der Waals surface area (Å²) in [5, 5.41) is 19.7. The van der Waals surface area contributed by atoms with Crippen LogP contribution >= 0.6 is 0 Å². The van der Waals surface area contributed by atoms with Crippen molar-refractivity contribution in [1.29, 1.82) is 0 Å². The number of anilines is 1. The van der Waals surface area contributed by atoms with Crippen molar-refractivity contribution < 1.29 is 17.7 Å². The molecule has 0 saturated carbocycles. The molecule has 0 radical (unpaired) electrons. The molecule has 0 atom stereocenters. The third kappa shape index (κ3) is 4.00. The van der Waals surface area contributed by atoms with Crippen LogP contribution in [0.25, 0.3) is 11.4 Å². The number of sulfonamides is 1. The van der Waals surface area contributed by atoms with Crippen LogP contribution in [0.1, 0.15) is 30.7 Å². The fourth-order valence-corrected chi connectivity index (χ4v) is 4.86. The number of nitrogens with zero attached hydrogens (tertiary/aromatic N) is 4. The average molecular weight is 445 g/mol. The van der Waals surface area contributed by atoms with Gasteiger partial charge >= 0.3 is 0 Å². The highest BCUT2D eigenvalue weighted by molar-refractivity contribution is 7.92. The topological polar surface area (TPSA) is 120 Å². The van der Waals surface area contributed by atoms with Crippen LogP contribution in [-0.2, 0) is 23.0 Å². The lowest BCUT2D eigenvalue weighted by Gasteiger charge is -2.14. The van der Waals surface area contributed by atoms with Crippen LogP contribution in [0.3, 0.4) is 0 Å². The highest BCUT2D eigenvalue weighted by atomic mass is 32.2. The van der Waals surface area contributed by atoms with E-state index in [1.807, 2.05) is 4.57 Å². The third-order valence-electron chi connectivity index (χ3n) is 5.26. The number of halogens is 1. The van der Waals surface area contributed by atoms with Crippen LogP contribution in [0.4, 0.5) is 15.8 Å². The van der Waals surface area contributed by atoms with E-state index in [1.165, 1.54) is 13.0 Å². The molecule has 1 aliphatic rings. The maximum atomic E-state index is 14.5. The van der Waals surface area contributed by atoms with Gasteiger partial charge in [-0.2, -0.15) is 0 Å². The minimum Gasteiger partial charge on any atom is -0.311 e. The number of hydrogen-bond donors (Lipinski definition) is 1. The number of nitro benzene ring substituents is 1. The number of aromatic nitrogens is 3. The number of para-hydroxylation sites is 1. The lowest BCUT2D eigenvalue weighted by atomic mass is 10.1. The number of rotatable bonds is 5. The Labute approximate surface area is 178 Å². The molecule has 0 unspecified atom stereocenters. The molecular formula is C20H20FN5O4S. The lowest BCUT2D eigenvalue weighted by Crippen LogP contribution is -2.16. The first-order valence-electron chi connectivity index (χ1n) is 9.77. The molecule has 4 rings (SSSR count). The van der Waals surface area contributed by atoms with Crippen LogP contribution < -0.4 is 4.72 Å². The number of benzene rings is 2. The smallest absolute Gasteiger partial charge is 0.273 e. The summed E-state index contributed by atoms with van der Waals surface area (Å²) >= 11 is 0. The normalized spacial score (nSPS) is 14.0. The van der Waals surface area contributed by atoms with Crippen molar-refractivity contribution in [2.45, 2.75) is 44.0 Å². The van der Waals surface area contributed by atoms with E-state index in [9.17, 15) is 22.9 Å². The quantitative estimate of drug-likeness (QED) is 0.471. The van der Waals surface area contributed by atoms with Gasteiger partial charge in [-0.15, -0.1) is 10.2 Å². The van der Waals surface area contributed by atoms with Gasteiger partial charge in [0, 0.05) is 30.2 Å². The molecule has 9 nitrogen and oxygen atoms in total. The first kappa shape index (κ1) is 20.9. The van der Waals surface area contributed by atoms with Crippen molar-refractivity contribution in [1.82, 2.24) is 14.8 Å². The summed E-state index contributed by atoms with van der Waals surface area (Å²) in [5.41, 5.74) is 0.240. The van der Waals surface area contributed by atoms with Gasteiger partial charge in [0.2, 0.25) is 0 Å². The lowest BCUT2D eigenvalue weighted by molar-refractivity contribution is -0.385. The monoisotopic (exact) mass is 445 g/mol. The van der Waals surface area contributed by atoms with Gasteiger partial charge in [0.15, 0.2) is 5.82 Å². The van der Waals surface area contributed by atoms with Gasteiger partial charge in [-0.1, -0.05) is 18.6 Å². The molecule has 0 aliphatic carbocycles. The second-order valence-electron chi connectivity index (χ2n) is 7.38. The number of aryl methyl sites for hydroxylation is 2. The van der Waals surface area contributed by atoms with E-state index < -0.39 is 31.3 Å². The summed E-state index contributed by atoms with van der Waals surface area (Å²) < 4.78 is 44.7. The molecule has 11 heteroatoms. The van der Waals surface area contributed by atoms with E-state index >= 15 is 0 Å². The van der Waals surface area contributed by atoms with Gasteiger partial charge in [0.25, 0.3) is 15.7 Å². The molecular weight excluding hydrogens is 425 g/mol. The second-order valence-corrected chi connectivity index (χ2v) is 9.03. The molecule has 3 aromatic rings. The van der Waals surface area contributed by atoms with Gasteiger partial charge in [-0.3, -0.25) is 14.8 Å². The van der Waals surface area contributed by atoms with Crippen molar-refractivity contribution in [2.24, 2.45) is 0 Å². The summed E-state index contributed by atoms with van der Waals surface area (Å²) in [4.78, 5) is 9.66. The van der Waals surface area contributed by atoms with Crippen molar-refractivity contribution >= 4 is 21.4 Å². The molecule has 1 N–H and O–H groups in total. The van der Waals surface area contributed by atoms with Gasteiger partial charge in [-0.25, -0.2) is 12.8 Å². The maximum absolute atomic E-state index is 14.5. The Hall–Kier alpha value is -3.34. The zero-order valence-corrected chi connectivity index (χ0v) is 17.5. The van der Waals surface area contributed by atoms with Gasteiger partial charge in [0.1, 0.15) is 16.5 Å². The molecule has 1 aromatic heterocycles. The van der Waals surface area contributed by atoms with Crippen molar-refractivity contribution in [3.63, 3.8) is 0 Å². The largest absolute Gasteiger partial charge is 0.311 e. The van der Waals surface area contributed by atoms with Crippen molar-refractivity contribution in [2.75, 3.05) is 4.72 Å². The summed E-state index contributed by atoms with van der Waals surface area (Å²) in [6.07, 6.45) is 3.84. The first-order valence-corrected chi connectivity index (χ1v) is 11.2. The van der Waals surface area contributed by atoms with E-state index in [2.05, 4.69) is 14.9 Å². The van der Waals surface area contributed by atoms with Crippen LogP contribution in [0, 0.1) is 22.9 Å². The van der Waals surface area contributed by atoms with Crippen molar-refractivity contribution in [3.8, 4) is 11.4 Å². The molecule has 0 fully saturated rings. The Bertz CT molecular complexity index is 1270. The summed E-state index contributed by atoms with van der Waals surface area (Å²) in [6.45, 7) is 2.06. The fraction of sp³-hybridized carbons (Fsp3) is 0.300. The molecule has 1 aliphatic heterocycles. The molecule has 0 spiro atoms. The third-order valence-corrected chi connectivity index (χ3v) is 6.64. The Balaban J connectivity index is 1.76. The van der Waals surface area contributed by atoms with Gasteiger partial charge in [-0.05, 0) is 38.0 Å². The standard InChI is InChI=1S/C20H20FN5O4S/c1-13-11-15(21)18(12-17(13)26(27)28)31(29,30)24-16-8-5-4-7-14(16)20-23-22-19-9-3-2-6-10-25(19)20/h4-5,7-8,11-12,24H,2-3,6,9-10H2,1H3. The van der Waals surface area contributed by atoms with E-state index in [-0.39, 0.29) is 11.3 Å². The Morgan fingerprint density at radius 3 is 2.71 bits per heavy atom. The molecule has 0 saturated heterocycles. The summed E-state index contributed by atoms with van der Waals surface area (Å²) in [7, 11) is -4.45. The molecule has 0 amide bonds. The highest BCUT2D eigenvalue weighted by Gasteiger charge is 2.26. The number of nitrogens with one attached hydrogen (secondary N) is 1. The Morgan fingerprint density at radius 2 is 1.94 bits per heavy atom. The second kappa shape index (κ2) is 8.06. The zero-order chi connectivity index (χ0) is 22.2. The average Bonchev–Trinajstić information content (AvgIpc) is 2.95. The first-order chi connectivity index (χ1) is 14.8. The summed E-state index contributed by atoms with van der Waals surface area (Å²) in [6, 6.07) is 8.19. The Morgan fingerprint density at radius 1 is 1.16 bits per heavy atom. The van der Waals surface area contributed by atoms with E-state index in [4.69, 9.17) is 0 Å². The number of hydrogen-bond acceptors (Lipinski definition) is 6. The SMILES string of the molecule is Cc1cc(F)c(S(=O)(=O)Nc2ccccc2-c2nnc3n2CCCCC3)cc1[N+](=O)[O-].